The Kier molecular flexibility index (Phi) is 2.36. The molecule has 1 nitrogen and oxygen atoms in total. The second-order valence-electron chi connectivity index (χ2n) is 4.83. The monoisotopic (exact) mass is 208 g/mol. The van der Waals surface area contributed by atoms with E-state index in [0.29, 0.717) is 5.92 Å². The van der Waals surface area contributed by atoms with Gasteiger partial charge < -0.3 is 5.32 Å². The van der Waals surface area contributed by atoms with Gasteiger partial charge in [0.05, 0.1) is 6.54 Å². The third-order valence-electron chi connectivity index (χ3n) is 3.65. The van der Waals surface area contributed by atoms with Gasteiger partial charge in [-0.05, 0) is 12.1 Å². The third-order valence-corrected chi connectivity index (χ3v) is 3.93. The van der Waals surface area contributed by atoms with E-state index in [-0.39, 0.29) is 5.41 Å². The molecule has 2 heteroatoms. The van der Waals surface area contributed by atoms with Crippen LogP contribution in [-0.2, 0) is 5.41 Å². The highest BCUT2D eigenvalue weighted by molar-refractivity contribution is 7.80. The minimum Gasteiger partial charge on any atom is -0.313 e. The first-order valence-electron chi connectivity index (χ1n) is 5.18. The van der Waals surface area contributed by atoms with Gasteiger partial charge in [-0.2, -0.15) is 0 Å². The predicted octanol–water partition coefficient (Wildman–Crippen LogP) is 2.10. The molecule has 1 heterocycles. The van der Waals surface area contributed by atoms with E-state index in [2.05, 4.69) is 56.9 Å². The second-order valence-corrected chi connectivity index (χ2v) is 5.35. The van der Waals surface area contributed by atoms with Crippen molar-refractivity contribution in [2.45, 2.75) is 31.1 Å². The zero-order chi connectivity index (χ0) is 10.3. The minimum atomic E-state index is 0.281. The van der Waals surface area contributed by atoms with Gasteiger partial charge >= 0.3 is 0 Å². The number of hydrogen-bond acceptors (Lipinski definition) is 1. The molecule has 0 aromatic heterocycles. The number of benzene rings is 1. The molecule has 0 saturated heterocycles. The zero-order valence-electron chi connectivity index (χ0n) is 9.04. The first-order chi connectivity index (χ1) is 6.51. The van der Waals surface area contributed by atoms with E-state index >= 15 is 0 Å². The summed E-state index contributed by atoms with van der Waals surface area (Å²) < 4.78 is 0. The van der Waals surface area contributed by atoms with Crippen molar-refractivity contribution in [3.63, 3.8) is 0 Å². The molecule has 1 unspecified atom stereocenters. The lowest BCUT2D eigenvalue weighted by atomic mass is 9.71. The highest BCUT2D eigenvalue weighted by Crippen LogP contribution is 2.37. The van der Waals surface area contributed by atoms with E-state index in [0.717, 1.165) is 4.90 Å². The van der Waals surface area contributed by atoms with Crippen molar-refractivity contribution in [3.8, 4) is 0 Å². The van der Waals surface area contributed by atoms with E-state index in [1.165, 1.54) is 17.8 Å². The first-order valence-corrected chi connectivity index (χ1v) is 5.63. The third kappa shape index (κ3) is 1.47. The number of nitrogens with two attached hydrogens (primary N) is 1. The summed E-state index contributed by atoms with van der Waals surface area (Å²) in [7, 11) is 0. The highest BCUT2D eigenvalue weighted by atomic mass is 32.1. The van der Waals surface area contributed by atoms with Crippen molar-refractivity contribution in [3.05, 3.63) is 23.8 Å². The SMILES string of the molecule is CC1C[NH2+]c2ccc(S)cc2C1(C)C. The quantitative estimate of drug-likeness (QED) is 0.480. The van der Waals surface area contributed by atoms with Crippen molar-refractivity contribution >= 4 is 18.3 Å². The minimum absolute atomic E-state index is 0.281. The summed E-state index contributed by atoms with van der Waals surface area (Å²) in [4.78, 5) is 1.07. The molecular formula is C12H18NS+. The van der Waals surface area contributed by atoms with Crippen LogP contribution in [0.15, 0.2) is 23.1 Å². The Morgan fingerprint density at radius 1 is 1.43 bits per heavy atom. The van der Waals surface area contributed by atoms with Crippen LogP contribution in [0.25, 0.3) is 0 Å². The van der Waals surface area contributed by atoms with Crippen molar-refractivity contribution in [1.29, 1.82) is 0 Å². The van der Waals surface area contributed by atoms with Crippen molar-refractivity contribution in [2.24, 2.45) is 5.92 Å². The summed E-state index contributed by atoms with van der Waals surface area (Å²) in [6, 6.07) is 6.47. The van der Waals surface area contributed by atoms with Crippen LogP contribution < -0.4 is 5.32 Å². The molecule has 1 aromatic carbocycles. The Labute approximate surface area is 91.3 Å². The van der Waals surface area contributed by atoms with Crippen LogP contribution >= 0.6 is 12.6 Å². The van der Waals surface area contributed by atoms with Crippen LogP contribution in [0, 0.1) is 5.92 Å². The fourth-order valence-corrected chi connectivity index (χ4v) is 2.35. The summed E-state index contributed by atoms with van der Waals surface area (Å²) in [5, 5.41) is 2.35. The Balaban J connectivity index is 2.55. The molecule has 0 spiro atoms. The van der Waals surface area contributed by atoms with Gasteiger partial charge in [0.1, 0.15) is 5.69 Å². The van der Waals surface area contributed by atoms with Crippen LogP contribution in [0.3, 0.4) is 0 Å². The van der Waals surface area contributed by atoms with Gasteiger partial charge in [-0.1, -0.05) is 20.8 Å². The maximum absolute atomic E-state index is 4.41. The fraction of sp³-hybridized carbons (Fsp3) is 0.500. The maximum Gasteiger partial charge on any atom is 0.133 e. The Hall–Kier alpha value is -0.470. The second kappa shape index (κ2) is 3.28. The van der Waals surface area contributed by atoms with Crippen LogP contribution in [0.1, 0.15) is 26.3 Å². The normalized spacial score (nSPS) is 24.4. The largest absolute Gasteiger partial charge is 0.313 e. The van der Waals surface area contributed by atoms with Gasteiger partial charge in [0.15, 0.2) is 0 Å². The standard InChI is InChI=1S/C12H17NS/c1-8-7-13-11-5-4-9(14)6-10(11)12(8,2)3/h4-6,8,13-14H,7H2,1-3H3/p+1. The molecule has 1 aliphatic rings. The summed E-state index contributed by atoms with van der Waals surface area (Å²) in [6.45, 7) is 8.17. The lowest BCUT2D eigenvalue weighted by molar-refractivity contribution is -0.585. The van der Waals surface area contributed by atoms with E-state index in [9.17, 15) is 0 Å². The van der Waals surface area contributed by atoms with Gasteiger partial charge in [0.25, 0.3) is 0 Å². The number of quaternary nitrogens is 1. The van der Waals surface area contributed by atoms with Gasteiger partial charge in [-0.25, -0.2) is 0 Å². The summed E-state index contributed by atoms with van der Waals surface area (Å²) in [6.07, 6.45) is 0. The van der Waals surface area contributed by atoms with Crippen molar-refractivity contribution < 1.29 is 5.32 Å². The molecule has 1 atom stereocenters. The molecule has 76 valence electrons. The smallest absolute Gasteiger partial charge is 0.133 e. The number of fused-ring (bicyclic) bond motifs is 1. The lowest BCUT2D eigenvalue weighted by Crippen LogP contribution is -2.83. The van der Waals surface area contributed by atoms with E-state index in [4.69, 9.17) is 0 Å². The van der Waals surface area contributed by atoms with Gasteiger partial charge in [-0.15, -0.1) is 12.6 Å². The van der Waals surface area contributed by atoms with Crippen LogP contribution in [0.2, 0.25) is 0 Å². The van der Waals surface area contributed by atoms with E-state index in [1.54, 1.807) is 0 Å². The fourth-order valence-electron chi connectivity index (χ4n) is 2.14. The van der Waals surface area contributed by atoms with E-state index < -0.39 is 0 Å². The number of thiol groups is 1. The highest BCUT2D eigenvalue weighted by Gasteiger charge is 2.36. The molecule has 1 aromatic rings. The van der Waals surface area contributed by atoms with Gasteiger partial charge in [0, 0.05) is 27.9 Å². The average molecular weight is 208 g/mol. The molecule has 0 aliphatic carbocycles. The molecule has 0 bridgehead atoms. The molecular weight excluding hydrogens is 190 g/mol. The Morgan fingerprint density at radius 3 is 2.86 bits per heavy atom. The molecule has 0 radical (unpaired) electrons. The molecule has 1 aliphatic heterocycles. The topological polar surface area (TPSA) is 16.6 Å². The molecule has 2 N–H and O–H groups in total. The maximum atomic E-state index is 4.41. The van der Waals surface area contributed by atoms with Gasteiger partial charge in [-0.3, -0.25) is 0 Å². The van der Waals surface area contributed by atoms with Gasteiger partial charge in [0.2, 0.25) is 0 Å². The number of rotatable bonds is 0. The zero-order valence-corrected chi connectivity index (χ0v) is 9.94. The summed E-state index contributed by atoms with van der Waals surface area (Å²) >= 11 is 4.41. The van der Waals surface area contributed by atoms with Crippen molar-refractivity contribution in [1.82, 2.24) is 0 Å². The molecule has 14 heavy (non-hydrogen) atoms. The molecule has 2 rings (SSSR count). The van der Waals surface area contributed by atoms with Crippen molar-refractivity contribution in [2.75, 3.05) is 6.54 Å². The Bertz CT molecular complexity index is 357. The van der Waals surface area contributed by atoms with Crippen LogP contribution in [0.4, 0.5) is 5.69 Å². The van der Waals surface area contributed by atoms with Crippen LogP contribution in [0.5, 0.6) is 0 Å². The average Bonchev–Trinajstić information content (AvgIpc) is 2.13. The number of hydrogen-bond donors (Lipinski definition) is 2. The predicted molar refractivity (Wildman–Crippen MR) is 62.3 cm³/mol. The summed E-state index contributed by atoms with van der Waals surface area (Å²) in [5.74, 6) is 0.713. The first kappa shape index (κ1) is 10.1. The molecule has 0 saturated carbocycles. The van der Waals surface area contributed by atoms with Crippen LogP contribution in [-0.4, -0.2) is 6.54 Å². The summed E-state index contributed by atoms with van der Waals surface area (Å²) in [5.41, 5.74) is 3.12. The van der Waals surface area contributed by atoms with E-state index in [1.807, 2.05) is 0 Å². The Morgan fingerprint density at radius 2 is 2.14 bits per heavy atom. The molecule has 0 fully saturated rings. The lowest BCUT2D eigenvalue weighted by Gasteiger charge is -2.36. The molecule has 0 amide bonds.